The van der Waals surface area contributed by atoms with Gasteiger partial charge in [-0.15, -0.1) is 0 Å². The van der Waals surface area contributed by atoms with Gasteiger partial charge in [0.05, 0.1) is 22.1 Å². The second-order valence-corrected chi connectivity index (χ2v) is 17.8. The van der Waals surface area contributed by atoms with Gasteiger partial charge >= 0.3 is 0 Å². The Hall–Kier alpha value is -6.73. The summed E-state index contributed by atoms with van der Waals surface area (Å²) < 4.78 is 18.9. The smallest absolute Gasteiger partial charge is 0.171 e. The molecule has 12 rings (SSSR count). The van der Waals surface area contributed by atoms with Crippen LogP contribution in [0.1, 0.15) is 22.3 Å². The fourth-order valence-electron chi connectivity index (χ4n) is 10.1. The zero-order valence-electron chi connectivity index (χ0n) is 30.4. The summed E-state index contributed by atoms with van der Waals surface area (Å²) in [6, 6.07) is 73.9. The van der Waals surface area contributed by atoms with E-state index in [1.54, 1.807) is 0 Å². The highest BCUT2D eigenvalue weighted by molar-refractivity contribution is 7.85. The number of hydrogen-bond donors (Lipinski definition) is 0. The van der Waals surface area contributed by atoms with E-state index in [1.807, 2.05) is 30.3 Å². The SMILES string of the molecule is O=P1(c2ccccc2)c2ccccc2C2(c3ccccc3-n3c4ccccc4c4cccc2c43)c2cc(-c3ccc(-c4cccc5ccccc45)cc3)ccc21. The topological polar surface area (TPSA) is 22.0 Å². The molecule has 2 aliphatic heterocycles. The molecule has 262 valence electrons. The number of benzene rings is 9. The Kier molecular flexibility index (Phi) is 6.57. The van der Waals surface area contributed by atoms with Crippen molar-refractivity contribution in [2.75, 3.05) is 0 Å². The summed E-state index contributed by atoms with van der Waals surface area (Å²) in [6.07, 6.45) is 0. The molecule has 0 radical (unpaired) electrons. The van der Waals surface area contributed by atoms with E-state index in [0.717, 1.165) is 43.9 Å². The standard InChI is InChI=1S/C53H34NOP/c55-56(39-16-2-1-3-17-39)50-27-11-8-23-45(50)53(44-22-7-10-26-49(44)54-48-25-9-6-19-42(48)43-21-13-24-46(53)52(43)54)47-34-38(32-33-51(47)56)35-28-30-37(31-29-35)41-20-12-15-36-14-4-5-18-40(36)41/h1-34H. The number of para-hydroxylation sites is 3. The number of hydrogen-bond acceptors (Lipinski definition) is 1. The van der Waals surface area contributed by atoms with Gasteiger partial charge in [-0.1, -0.05) is 182 Å². The average Bonchev–Trinajstić information content (AvgIpc) is 3.62. The van der Waals surface area contributed by atoms with E-state index >= 15 is 4.57 Å². The largest absolute Gasteiger partial charge is 0.309 e. The van der Waals surface area contributed by atoms with Crippen LogP contribution in [0.3, 0.4) is 0 Å². The van der Waals surface area contributed by atoms with Crippen molar-refractivity contribution < 1.29 is 4.57 Å². The molecule has 1 spiro atoms. The molecule has 10 aromatic rings. The minimum Gasteiger partial charge on any atom is -0.309 e. The van der Waals surface area contributed by atoms with Gasteiger partial charge in [0.1, 0.15) is 0 Å². The van der Waals surface area contributed by atoms with Gasteiger partial charge in [-0.3, -0.25) is 0 Å². The Morgan fingerprint density at radius 3 is 1.89 bits per heavy atom. The van der Waals surface area contributed by atoms with Crippen LogP contribution in [0.2, 0.25) is 0 Å². The molecule has 0 fully saturated rings. The van der Waals surface area contributed by atoms with Crippen molar-refractivity contribution in [1.29, 1.82) is 0 Å². The van der Waals surface area contributed by atoms with Crippen molar-refractivity contribution in [3.63, 3.8) is 0 Å². The summed E-state index contributed by atoms with van der Waals surface area (Å²) in [5, 5.41) is 7.60. The van der Waals surface area contributed by atoms with Crippen LogP contribution in [-0.4, -0.2) is 4.57 Å². The Bertz CT molecular complexity index is 3280. The molecule has 3 heterocycles. The Morgan fingerprint density at radius 1 is 0.411 bits per heavy atom. The third kappa shape index (κ3) is 4.04. The van der Waals surface area contributed by atoms with Crippen LogP contribution in [0, 0.1) is 0 Å². The molecule has 0 N–H and O–H groups in total. The summed E-state index contributed by atoms with van der Waals surface area (Å²) in [5.74, 6) is 0. The minimum atomic E-state index is -3.33. The first-order chi connectivity index (χ1) is 27.7. The lowest BCUT2D eigenvalue weighted by Crippen LogP contribution is -2.48. The van der Waals surface area contributed by atoms with E-state index < -0.39 is 12.6 Å². The number of nitrogens with zero attached hydrogens (tertiary/aromatic N) is 1. The predicted molar refractivity (Wildman–Crippen MR) is 234 cm³/mol. The second kappa shape index (κ2) is 11.6. The lowest BCUT2D eigenvalue weighted by atomic mass is 9.62. The van der Waals surface area contributed by atoms with Crippen LogP contribution in [0.5, 0.6) is 0 Å². The highest BCUT2D eigenvalue weighted by Gasteiger charge is 2.54. The van der Waals surface area contributed by atoms with Crippen molar-refractivity contribution in [2.45, 2.75) is 5.41 Å². The summed E-state index contributed by atoms with van der Waals surface area (Å²) >= 11 is 0. The highest BCUT2D eigenvalue weighted by atomic mass is 31.2. The Labute approximate surface area is 325 Å². The number of fused-ring (bicyclic) bond motifs is 12. The molecule has 0 aliphatic carbocycles. The first-order valence-corrected chi connectivity index (χ1v) is 21.0. The van der Waals surface area contributed by atoms with Gasteiger partial charge in [0.2, 0.25) is 0 Å². The Balaban J connectivity index is 1.18. The van der Waals surface area contributed by atoms with Crippen LogP contribution < -0.4 is 15.9 Å². The maximum absolute atomic E-state index is 16.4. The van der Waals surface area contributed by atoms with Crippen LogP contribution >= 0.6 is 7.14 Å². The summed E-state index contributed by atoms with van der Waals surface area (Å²) in [5.41, 5.74) is 12.0. The summed E-state index contributed by atoms with van der Waals surface area (Å²) in [6.45, 7) is 0. The van der Waals surface area contributed by atoms with E-state index in [-0.39, 0.29) is 0 Å². The van der Waals surface area contributed by atoms with Gasteiger partial charge in [0, 0.05) is 26.7 Å². The average molecular weight is 732 g/mol. The van der Waals surface area contributed by atoms with Crippen LogP contribution in [0.15, 0.2) is 206 Å². The van der Waals surface area contributed by atoms with Crippen LogP contribution in [-0.2, 0) is 9.98 Å². The normalized spacial score (nSPS) is 17.9. The second-order valence-electron chi connectivity index (χ2n) is 15.1. The van der Waals surface area contributed by atoms with Gasteiger partial charge in [-0.25, -0.2) is 0 Å². The van der Waals surface area contributed by atoms with E-state index in [9.17, 15) is 0 Å². The van der Waals surface area contributed by atoms with Crippen molar-refractivity contribution in [2.24, 2.45) is 0 Å². The molecular formula is C53H34NOP. The molecule has 2 atom stereocenters. The number of rotatable bonds is 3. The lowest BCUT2D eigenvalue weighted by molar-refractivity contribution is 0.590. The zero-order valence-corrected chi connectivity index (χ0v) is 31.3. The molecule has 0 saturated heterocycles. The first-order valence-electron chi connectivity index (χ1n) is 19.3. The molecule has 0 bridgehead atoms. The Morgan fingerprint density at radius 2 is 1.02 bits per heavy atom. The maximum Gasteiger partial charge on any atom is 0.171 e. The molecule has 2 aliphatic rings. The predicted octanol–water partition coefficient (Wildman–Crippen LogP) is 11.9. The molecule has 0 saturated carbocycles. The van der Waals surface area contributed by atoms with Crippen LogP contribution in [0.4, 0.5) is 0 Å². The van der Waals surface area contributed by atoms with Gasteiger partial charge in [-0.05, 0) is 79.5 Å². The summed E-state index contributed by atoms with van der Waals surface area (Å²) in [7, 11) is -3.33. The first kappa shape index (κ1) is 31.6. The maximum atomic E-state index is 16.4. The fourth-order valence-corrected chi connectivity index (χ4v) is 13.3. The fraction of sp³-hybridized carbons (Fsp3) is 0.0189. The molecule has 3 heteroatoms. The van der Waals surface area contributed by atoms with Gasteiger partial charge in [-0.2, -0.15) is 0 Å². The van der Waals surface area contributed by atoms with E-state index in [0.29, 0.717) is 0 Å². The highest BCUT2D eigenvalue weighted by Crippen LogP contribution is 2.61. The lowest BCUT2D eigenvalue weighted by Gasteiger charge is -2.47. The van der Waals surface area contributed by atoms with Gasteiger partial charge < -0.3 is 9.13 Å². The van der Waals surface area contributed by atoms with Crippen molar-refractivity contribution in [1.82, 2.24) is 4.57 Å². The molecular weight excluding hydrogens is 698 g/mol. The molecule has 2 nitrogen and oxygen atoms in total. The molecule has 0 amide bonds. The van der Waals surface area contributed by atoms with Crippen molar-refractivity contribution in [3.8, 4) is 27.9 Å². The van der Waals surface area contributed by atoms with Crippen LogP contribution in [0.25, 0.3) is 60.5 Å². The third-order valence-corrected chi connectivity index (χ3v) is 15.6. The molecule has 2 unspecified atom stereocenters. The van der Waals surface area contributed by atoms with E-state index in [1.165, 1.54) is 54.8 Å². The zero-order chi connectivity index (χ0) is 37.0. The van der Waals surface area contributed by atoms with Crippen molar-refractivity contribution in [3.05, 3.63) is 229 Å². The van der Waals surface area contributed by atoms with Gasteiger partial charge in [0.15, 0.2) is 7.14 Å². The van der Waals surface area contributed by atoms with E-state index in [2.05, 4.69) is 180 Å². The van der Waals surface area contributed by atoms with Crippen molar-refractivity contribution >= 4 is 55.6 Å². The number of aromatic nitrogens is 1. The minimum absolute atomic E-state index is 0.742. The quantitative estimate of drug-likeness (QED) is 0.166. The van der Waals surface area contributed by atoms with Gasteiger partial charge in [0.25, 0.3) is 0 Å². The summed E-state index contributed by atoms with van der Waals surface area (Å²) in [4.78, 5) is 0. The molecule has 56 heavy (non-hydrogen) atoms. The molecule has 9 aromatic carbocycles. The third-order valence-electron chi connectivity index (χ3n) is 12.5. The van der Waals surface area contributed by atoms with E-state index in [4.69, 9.17) is 0 Å². The monoisotopic (exact) mass is 731 g/mol. The molecule has 1 aromatic heterocycles.